The summed E-state index contributed by atoms with van der Waals surface area (Å²) in [5.74, 6) is -0.399. The van der Waals surface area contributed by atoms with E-state index in [0.29, 0.717) is 11.4 Å². The summed E-state index contributed by atoms with van der Waals surface area (Å²) < 4.78 is 25.9. The van der Waals surface area contributed by atoms with Crippen molar-refractivity contribution < 1.29 is 13.2 Å². The van der Waals surface area contributed by atoms with Crippen molar-refractivity contribution in [1.29, 1.82) is 0 Å². The Bertz CT molecular complexity index is 804. The van der Waals surface area contributed by atoms with E-state index in [1.165, 1.54) is 0 Å². The third kappa shape index (κ3) is 5.07. The Morgan fingerprint density at radius 3 is 2.39 bits per heavy atom. The average Bonchev–Trinajstić information content (AvgIpc) is 2.45. The van der Waals surface area contributed by atoms with Crippen molar-refractivity contribution in [2.75, 3.05) is 22.4 Å². The van der Waals surface area contributed by atoms with Crippen molar-refractivity contribution in [2.45, 2.75) is 6.92 Å². The number of nitrogens with zero attached hydrogens (tertiary/aromatic N) is 1. The number of anilines is 2. The Labute approximate surface area is 144 Å². The van der Waals surface area contributed by atoms with Gasteiger partial charge in [-0.3, -0.25) is 9.10 Å². The van der Waals surface area contributed by atoms with Crippen LogP contribution in [0.25, 0.3) is 0 Å². The number of hydrogen-bond donors (Lipinski definition) is 1. The molecule has 122 valence electrons. The van der Waals surface area contributed by atoms with Crippen molar-refractivity contribution in [3.8, 4) is 0 Å². The summed E-state index contributed by atoms with van der Waals surface area (Å²) in [4.78, 5) is 12.2. The summed E-state index contributed by atoms with van der Waals surface area (Å²) in [7, 11) is -3.57. The molecule has 0 aliphatic heterocycles. The van der Waals surface area contributed by atoms with Gasteiger partial charge in [0.25, 0.3) is 0 Å². The number of nitrogens with one attached hydrogen (secondary N) is 1. The van der Waals surface area contributed by atoms with E-state index < -0.39 is 15.9 Å². The molecule has 0 atom stereocenters. The van der Waals surface area contributed by atoms with Gasteiger partial charge in [0, 0.05) is 10.2 Å². The van der Waals surface area contributed by atoms with E-state index in [-0.39, 0.29) is 6.54 Å². The number of carbonyl (C=O) groups excluding carboxylic acids is 1. The van der Waals surface area contributed by atoms with Crippen LogP contribution in [-0.4, -0.2) is 27.1 Å². The highest BCUT2D eigenvalue weighted by molar-refractivity contribution is 9.10. The third-order valence-electron chi connectivity index (χ3n) is 3.10. The van der Waals surface area contributed by atoms with Gasteiger partial charge in [-0.05, 0) is 48.9 Å². The second-order valence-electron chi connectivity index (χ2n) is 5.16. The van der Waals surface area contributed by atoms with E-state index in [9.17, 15) is 13.2 Å². The smallest absolute Gasteiger partial charge is 0.245 e. The molecule has 0 fully saturated rings. The van der Waals surface area contributed by atoms with Crippen LogP contribution in [0, 0.1) is 6.92 Å². The lowest BCUT2D eigenvalue weighted by Gasteiger charge is -2.22. The number of aryl methyl sites for hydroxylation is 1. The molecule has 0 aliphatic rings. The lowest BCUT2D eigenvalue weighted by Crippen LogP contribution is -2.37. The van der Waals surface area contributed by atoms with E-state index in [1.54, 1.807) is 30.3 Å². The Morgan fingerprint density at radius 1 is 1.17 bits per heavy atom. The fourth-order valence-corrected chi connectivity index (χ4v) is 3.18. The molecule has 0 spiro atoms. The first-order chi connectivity index (χ1) is 10.8. The minimum atomic E-state index is -3.57. The predicted octanol–water partition coefficient (Wildman–Crippen LogP) is 3.16. The largest absolute Gasteiger partial charge is 0.325 e. The molecule has 23 heavy (non-hydrogen) atoms. The van der Waals surface area contributed by atoms with Crippen molar-refractivity contribution in [3.05, 3.63) is 58.6 Å². The van der Waals surface area contributed by atoms with Gasteiger partial charge in [0.2, 0.25) is 15.9 Å². The van der Waals surface area contributed by atoms with Gasteiger partial charge in [0.15, 0.2) is 0 Å². The van der Waals surface area contributed by atoms with E-state index in [0.717, 1.165) is 20.6 Å². The van der Waals surface area contributed by atoms with Crippen LogP contribution in [0.3, 0.4) is 0 Å². The number of benzene rings is 2. The van der Waals surface area contributed by atoms with Crippen LogP contribution in [0.1, 0.15) is 5.56 Å². The molecule has 0 aromatic heterocycles. The van der Waals surface area contributed by atoms with Gasteiger partial charge < -0.3 is 5.32 Å². The minimum Gasteiger partial charge on any atom is -0.325 e. The molecule has 0 bridgehead atoms. The lowest BCUT2D eigenvalue weighted by molar-refractivity contribution is -0.114. The molecule has 2 aromatic carbocycles. The fraction of sp³-hybridized carbons (Fsp3) is 0.188. The zero-order valence-electron chi connectivity index (χ0n) is 12.8. The third-order valence-corrected chi connectivity index (χ3v) is 4.77. The molecular weight excluding hydrogens is 380 g/mol. The SMILES string of the molecule is Cc1cccc(NC(=O)CN(c2ccc(Br)cc2)S(C)(=O)=O)c1. The van der Waals surface area contributed by atoms with Crippen molar-refractivity contribution in [3.63, 3.8) is 0 Å². The lowest BCUT2D eigenvalue weighted by atomic mass is 10.2. The molecule has 0 saturated heterocycles. The molecule has 2 rings (SSSR count). The molecule has 1 amide bonds. The zero-order chi connectivity index (χ0) is 17.0. The Kier molecular flexibility index (Phi) is 5.43. The quantitative estimate of drug-likeness (QED) is 0.843. The van der Waals surface area contributed by atoms with E-state index in [1.807, 2.05) is 25.1 Å². The molecule has 0 saturated carbocycles. The van der Waals surface area contributed by atoms with Crippen LogP contribution in [0.15, 0.2) is 53.0 Å². The maximum atomic E-state index is 12.2. The van der Waals surface area contributed by atoms with Crippen LogP contribution < -0.4 is 9.62 Å². The minimum absolute atomic E-state index is 0.283. The molecule has 1 N–H and O–H groups in total. The van der Waals surface area contributed by atoms with Crippen molar-refractivity contribution in [2.24, 2.45) is 0 Å². The first-order valence-corrected chi connectivity index (χ1v) is 9.49. The molecule has 0 aliphatic carbocycles. The monoisotopic (exact) mass is 396 g/mol. The van der Waals surface area contributed by atoms with Crippen LogP contribution >= 0.6 is 15.9 Å². The number of amides is 1. The summed E-state index contributed by atoms with van der Waals surface area (Å²) in [5.41, 5.74) is 2.09. The number of rotatable bonds is 5. The van der Waals surface area contributed by atoms with Gasteiger partial charge in [-0.15, -0.1) is 0 Å². The normalized spacial score (nSPS) is 11.1. The van der Waals surface area contributed by atoms with Gasteiger partial charge >= 0.3 is 0 Å². The number of hydrogen-bond acceptors (Lipinski definition) is 3. The molecule has 5 nitrogen and oxygen atoms in total. The van der Waals surface area contributed by atoms with E-state index >= 15 is 0 Å². The standard InChI is InChI=1S/C16H17BrN2O3S/c1-12-4-3-5-14(10-12)18-16(20)11-19(23(2,21)22)15-8-6-13(17)7-9-15/h3-10H,11H2,1-2H3,(H,18,20). The zero-order valence-corrected chi connectivity index (χ0v) is 15.2. The summed E-state index contributed by atoms with van der Waals surface area (Å²) >= 11 is 3.30. The molecule has 0 radical (unpaired) electrons. The highest BCUT2D eigenvalue weighted by Crippen LogP contribution is 2.20. The van der Waals surface area contributed by atoms with Gasteiger partial charge in [-0.25, -0.2) is 8.42 Å². The van der Waals surface area contributed by atoms with Crippen LogP contribution in [0.2, 0.25) is 0 Å². The molecule has 2 aromatic rings. The van der Waals surface area contributed by atoms with Crippen molar-refractivity contribution in [1.82, 2.24) is 0 Å². The Morgan fingerprint density at radius 2 is 1.83 bits per heavy atom. The first kappa shape index (κ1) is 17.5. The highest BCUT2D eigenvalue weighted by atomic mass is 79.9. The van der Waals surface area contributed by atoms with Crippen molar-refractivity contribution >= 4 is 43.2 Å². The Hall–Kier alpha value is -1.86. The van der Waals surface area contributed by atoms with E-state index in [2.05, 4.69) is 21.2 Å². The van der Waals surface area contributed by atoms with E-state index in [4.69, 9.17) is 0 Å². The predicted molar refractivity (Wildman–Crippen MR) is 96.1 cm³/mol. The number of halogens is 1. The Balaban J connectivity index is 2.18. The average molecular weight is 397 g/mol. The fourth-order valence-electron chi connectivity index (χ4n) is 2.06. The number of sulfonamides is 1. The van der Waals surface area contributed by atoms with Gasteiger partial charge in [0.05, 0.1) is 11.9 Å². The van der Waals surface area contributed by atoms with Gasteiger partial charge in [-0.2, -0.15) is 0 Å². The summed E-state index contributed by atoms with van der Waals surface area (Å²) in [6.45, 7) is 1.63. The molecule has 7 heteroatoms. The summed E-state index contributed by atoms with van der Waals surface area (Å²) in [6.07, 6.45) is 1.08. The van der Waals surface area contributed by atoms with Crippen LogP contribution in [-0.2, 0) is 14.8 Å². The number of carbonyl (C=O) groups is 1. The molecule has 0 unspecified atom stereocenters. The van der Waals surface area contributed by atoms with Gasteiger partial charge in [0.1, 0.15) is 6.54 Å². The maximum Gasteiger partial charge on any atom is 0.245 e. The highest BCUT2D eigenvalue weighted by Gasteiger charge is 2.20. The van der Waals surface area contributed by atoms with Crippen LogP contribution in [0.4, 0.5) is 11.4 Å². The van der Waals surface area contributed by atoms with Crippen LogP contribution in [0.5, 0.6) is 0 Å². The maximum absolute atomic E-state index is 12.2. The van der Waals surface area contributed by atoms with Gasteiger partial charge in [-0.1, -0.05) is 28.1 Å². The second kappa shape index (κ2) is 7.14. The summed E-state index contributed by atoms with van der Waals surface area (Å²) in [5, 5.41) is 2.71. The second-order valence-corrected chi connectivity index (χ2v) is 7.99. The topological polar surface area (TPSA) is 66.5 Å². The summed E-state index contributed by atoms with van der Waals surface area (Å²) in [6, 6.07) is 14.1. The molecule has 0 heterocycles. The first-order valence-electron chi connectivity index (χ1n) is 6.85. The molecular formula is C16H17BrN2O3S.